The van der Waals surface area contributed by atoms with Gasteiger partial charge in [-0.15, -0.1) is 0 Å². The Morgan fingerprint density at radius 2 is 2.00 bits per heavy atom. The van der Waals surface area contributed by atoms with Crippen molar-refractivity contribution in [3.63, 3.8) is 0 Å². The highest BCUT2D eigenvalue weighted by atomic mass is 16.5. The Balaban J connectivity index is 1.27. The van der Waals surface area contributed by atoms with Crippen LogP contribution in [0.2, 0.25) is 0 Å². The van der Waals surface area contributed by atoms with Gasteiger partial charge in [0.2, 0.25) is 0 Å². The van der Waals surface area contributed by atoms with Crippen LogP contribution in [0.4, 0.5) is 5.82 Å². The number of hydrogen-bond acceptors (Lipinski definition) is 8. The highest BCUT2D eigenvalue weighted by Crippen LogP contribution is 2.62. The smallest absolute Gasteiger partial charge is 0.314 e. The van der Waals surface area contributed by atoms with E-state index in [-0.39, 0.29) is 17.9 Å². The molecule has 2 fully saturated rings. The molecule has 2 aromatic carbocycles. The Hall–Kier alpha value is -3.62. The van der Waals surface area contributed by atoms with Gasteiger partial charge in [0, 0.05) is 37.9 Å². The molecule has 40 heavy (non-hydrogen) atoms. The second-order valence-corrected chi connectivity index (χ2v) is 11.1. The van der Waals surface area contributed by atoms with Gasteiger partial charge < -0.3 is 29.2 Å². The lowest BCUT2D eigenvalue weighted by Gasteiger charge is -2.31. The standard InChI is InChI=1S/C32H37N3O5/c1-20-7-5-8-24(30(20)40-18-22-13-21(2)25-16-33-11-12-39-27(25)14-22)26-9-6-10-29(34-26)35-17-23-15-32(23,31(36)38-4)28(35)19-37-3/h5-10,13-14,23,28,33H,11-12,15-19H2,1-4H3/t23-,28+,32+/m0/s1. The van der Waals surface area contributed by atoms with E-state index in [1.807, 2.05) is 24.3 Å². The number of nitrogens with zero attached hydrogens (tertiary/aromatic N) is 2. The minimum atomic E-state index is -0.508. The Morgan fingerprint density at radius 1 is 1.15 bits per heavy atom. The lowest BCUT2D eigenvalue weighted by atomic mass is 9.96. The maximum absolute atomic E-state index is 12.8. The molecule has 1 aromatic heterocycles. The molecule has 8 heteroatoms. The molecule has 6 rings (SSSR count). The molecule has 0 amide bonds. The number of rotatable bonds is 8. The van der Waals surface area contributed by atoms with Gasteiger partial charge in [0.1, 0.15) is 30.5 Å². The zero-order valence-corrected chi connectivity index (χ0v) is 23.7. The summed E-state index contributed by atoms with van der Waals surface area (Å²) in [4.78, 5) is 20.1. The summed E-state index contributed by atoms with van der Waals surface area (Å²) >= 11 is 0. The number of methoxy groups -OCH3 is 2. The van der Waals surface area contributed by atoms with Crippen LogP contribution < -0.4 is 19.7 Å². The Kier molecular flexibility index (Phi) is 7.15. The van der Waals surface area contributed by atoms with Crippen molar-refractivity contribution in [2.24, 2.45) is 11.3 Å². The number of carbonyl (C=O) groups is 1. The summed E-state index contributed by atoms with van der Waals surface area (Å²) in [5.74, 6) is 2.68. The number of benzene rings is 2. The van der Waals surface area contributed by atoms with Gasteiger partial charge in [-0.1, -0.05) is 24.3 Å². The van der Waals surface area contributed by atoms with Crippen molar-refractivity contribution in [3.8, 4) is 22.8 Å². The monoisotopic (exact) mass is 543 g/mol. The van der Waals surface area contributed by atoms with Crippen LogP contribution in [-0.2, 0) is 27.4 Å². The number of esters is 1. The fourth-order valence-corrected chi connectivity index (χ4v) is 6.53. The lowest BCUT2D eigenvalue weighted by Crippen LogP contribution is -2.44. The predicted octanol–water partition coefficient (Wildman–Crippen LogP) is 4.44. The molecule has 3 atom stereocenters. The number of nitrogens with one attached hydrogen (secondary N) is 1. The highest BCUT2D eigenvalue weighted by molar-refractivity contribution is 5.84. The second kappa shape index (κ2) is 10.7. The quantitative estimate of drug-likeness (QED) is 0.418. The fraction of sp³-hybridized carbons (Fsp3) is 0.438. The summed E-state index contributed by atoms with van der Waals surface area (Å²) in [7, 11) is 3.14. The molecule has 1 N–H and O–H groups in total. The molecule has 1 saturated heterocycles. The Morgan fingerprint density at radius 3 is 2.83 bits per heavy atom. The summed E-state index contributed by atoms with van der Waals surface area (Å²) in [5, 5.41) is 3.41. The van der Waals surface area contributed by atoms with Crippen molar-refractivity contribution >= 4 is 11.8 Å². The number of piperidine rings is 1. The number of pyridine rings is 1. The molecular formula is C32H37N3O5. The molecule has 2 aliphatic heterocycles. The third kappa shape index (κ3) is 4.59. The Labute approximate surface area is 235 Å². The van der Waals surface area contributed by atoms with Gasteiger partial charge in [0.05, 0.1) is 30.9 Å². The van der Waals surface area contributed by atoms with Crippen LogP contribution in [0.3, 0.4) is 0 Å². The molecular weight excluding hydrogens is 506 g/mol. The largest absolute Gasteiger partial charge is 0.492 e. The molecule has 8 nitrogen and oxygen atoms in total. The molecule has 0 bridgehead atoms. The number of aryl methyl sites for hydroxylation is 2. The summed E-state index contributed by atoms with van der Waals surface area (Å²) in [6.07, 6.45) is 0.837. The van der Waals surface area contributed by atoms with Gasteiger partial charge in [-0.3, -0.25) is 4.79 Å². The third-order valence-corrected chi connectivity index (χ3v) is 8.66. The highest BCUT2D eigenvalue weighted by Gasteiger charge is 2.71. The number of fused-ring (bicyclic) bond motifs is 2. The minimum Gasteiger partial charge on any atom is -0.492 e. The average molecular weight is 544 g/mol. The van der Waals surface area contributed by atoms with E-state index in [1.165, 1.54) is 18.2 Å². The molecule has 0 spiro atoms. The molecule has 1 aliphatic carbocycles. The Bertz CT molecular complexity index is 1430. The van der Waals surface area contributed by atoms with E-state index >= 15 is 0 Å². The summed E-state index contributed by atoms with van der Waals surface area (Å²) < 4.78 is 23.2. The van der Waals surface area contributed by atoms with E-state index < -0.39 is 5.41 Å². The second-order valence-electron chi connectivity index (χ2n) is 11.1. The minimum absolute atomic E-state index is 0.111. The number of carbonyl (C=O) groups excluding carboxylic acids is 1. The molecule has 210 valence electrons. The van der Waals surface area contributed by atoms with Crippen molar-refractivity contribution in [2.75, 3.05) is 45.4 Å². The number of para-hydroxylation sites is 1. The first-order valence-electron chi connectivity index (χ1n) is 14.0. The van der Waals surface area contributed by atoms with E-state index in [4.69, 9.17) is 23.9 Å². The molecule has 0 radical (unpaired) electrons. The SMILES string of the molecule is COC[C@H]1N(c2cccc(-c3cccc(C)c3OCc3cc(C)c4c(c3)OCCNC4)n2)C[C@@H]2C[C@@]21C(=O)OC. The van der Waals surface area contributed by atoms with E-state index in [1.54, 1.807) is 7.11 Å². The predicted molar refractivity (Wildman–Crippen MR) is 153 cm³/mol. The number of aromatic nitrogens is 1. The lowest BCUT2D eigenvalue weighted by molar-refractivity contribution is -0.148. The fourth-order valence-electron chi connectivity index (χ4n) is 6.53. The van der Waals surface area contributed by atoms with Crippen LogP contribution in [-0.4, -0.2) is 57.5 Å². The number of ether oxygens (including phenoxy) is 4. The first-order chi connectivity index (χ1) is 19.5. The van der Waals surface area contributed by atoms with Crippen LogP contribution in [0.1, 0.15) is 28.7 Å². The topological polar surface area (TPSA) is 82.2 Å². The van der Waals surface area contributed by atoms with Crippen molar-refractivity contribution in [2.45, 2.75) is 39.5 Å². The zero-order chi connectivity index (χ0) is 27.9. The van der Waals surface area contributed by atoms with Crippen molar-refractivity contribution in [1.82, 2.24) is 10.3 Å². The van der Waals surface area contributed by atoms with E-state index in [2.05, 4.69) is 48.3 Å². The van der Waals surface area contributed by atoms with E-state index in [0.717, 1.165) is 65.8 Å². The molecule has 1 saturated carbocycles. The van der Waals surface area contributed by atoms with Crippen molar-refractivity contribution in [1.29, 1.82) is 0 Å². The van der Waals surface area contributed by atoms with E-state index in [0.29, 0.717) is 19.8 Å². The normalized spacial score (nSPS) is 23.1. The first kappa shape index (κ1) is 26.6. The van der Waals surface area contributed by atoms with Crippen LogP contribution in [0.15, 0.2) is 48.5 Å². The van der Waals surface area contributed by atoms with Gasteiger partial charge in [-0.05, 0) is 67.1 Å². The van der Waals surface area contributed by atoms with Crippen molar-refractivity contribution < 1.29 is 23.7 Å². The summed E-state index contributed by atoms with van der Waals surface area (Å²) in [6, 6.07) is 16.3. The van der Waals surface area contributed by atoms with Crippen LogP contribution >= 0.6 is 0 Å². The van der Waals surface area contributed by atoms with Gasteiger partial charge in [0.15, 0.2) is 0 Å². The van der Waals surface area contributed by atoms with Gasteiger partial charge in [0.25, 0.3) is 0 Å². The zero-order valence-electron chi connectivity index (χ0n) is 23.7. The summed E-state index contributed by atoms with van der Waals surface area (Å²) in [6.45, 7) is 8.11. The number of anilines is 1. The first-order valence-corrected chi connectivity index (χ1v) is 14.0. The summed E-state index contributed by atoms with van der Waals surface area (Å²) in [5.41, 5.74) is 5.77. The average Bonchev–Trinajstić information content (AvgIpc) is 3.67. The van der Waals surface area contributed by atoms with Gasteiger partial charge in [-0.2, -0.15) is 0 Å². The van der Waals surface area contributed by atoms with Crippen LogP contribution in [0, 0.1) is 25.2 Å². The molecule has 3 heterocycles. The van der Waals surface area contributed by atoms with Crippen LogP contribution in [0.5, 0.6) is 11.5 Å². The van der Waals surface area contributed by atoms with Crippen LogP contribution in [0.25, 0.3) is 11.3 Å². The van der Waals surface area contributed by atoms with Gasteiger partial charge in [-0.25, -0.2) is 4.98 Å². The molecule has 3 aliphatic rings. The maximum Gasteiger partial charge on any atom is 0.314 e. The third-order valence-electron chi connectivity index (χ3n) is 8.66. The molecule has 0 unspecified atom stereocenters. The molecule has 3 aromatic rings. The van der Waals surface area contributed by atoms with E-state index in [9.17, 15) is 4.79 Å². The van der Waals surface area contributed by atoms with Crippen molar-refractivity contribution in [3.05, 3.63) is 70.8 Å². The maximum atomic E-state index is 12.8. The number of hydrogen-bond donors (Lipinski definition) is 1. The van der Waals surface area contributed by atoms with Gasteiger partial charge >= 0.3 is 5.97 Å².